The molecule has 2 atom stereocenters. The molecular formula is C21H25N7O7. The number of carboxylic acids is 2. The minimum atomic E-state index is -1.18. The van der Waals surface area contributed by atoms with Crippen molar-refractivity contribution in [1.29, 1.82) is 0 Å². The van der Waals surface area contributed by atoms with Gasteiger partial charge in [0, 0.05) is 42.1 Å². The number of hydrogen-bond acceptors (Lipinski definition) is 8. The molecule has 2 aromatic rings. The van der Waals surface area contributed by atoms with Crippen LogP contribution in [0.1, 0.15) is 49.9 Å². The van der Waals surface area contributed by atoms with E-state index in [2.05, 4.69) is 25.7 Å². The Labute approximate surface area is 199 Å². The summed E-state index contributed by atoms with van der Waals surface area (Å²) >= 11 is 0. The lowest BCUT2D eigenvalue weighted by molar-refractivity contribution is -0.191. The van der Waals surface area contributed by atoms with Crippen molar-refractivity contribution in [3.05, 3.63) is 52.2 Å². The highest BCUT2D eigenvalue weighted by Crippen LogP contribution is 2.15. The molecule has 0 aliphatic heterocycles. The van der Waals surface area contributed by atoms with Crippen molar-refractivity contribution in [1.82, 2.24) is 20.3 Å². The smallest absolute Gasteiger partial charge is 0.373 e. The molecule has 0 spiro atoms. The molecule has 186 valence electrons. The summed E-state index contributed by atoms with van der Waals surface area (Å²) in [6, 6.07) is 5.81. The fourth-order valence-electron chi connectivity index (χ4n) is 3.13. The fourth-order valence-corrected chi connectivity index (χ4v) is 3.13. The second-order valence-corrected chi connectivity index (χ2v) is 7.44. The number of nitrogens with one attached hydrogen (secondary N) is 1. The molecule has 0 fully saturated rings. The zero-order valence-electron chi connectivity index (χ0n) is 18.9. The molecule has 0 aliphatic carbocycles. The number of amides is 1. The minimum Gasteiger partial charge on any atom is -0.481 e. The summed E-state index contributed by atoms with van der Waals surface area (Å²) in [7, 11) is 0. The van der Waals surface area contributed by atoms with E-state index in [1.807, 2.05) is 19.1 Å². The Balaban J connectivity index is 0.00000194. The van der Waals surface area contributed by atoms with E-state index in [9.17, 15) is 19.5 Å². The normalized spacial score (nSPS) is 11.6. The summed E-state index contributed by atoms with van der Waals surface area (Å²) in [5.41, 5.74) is 10.5. The number of carbonyl (C=O) groups excluding carboxylic acids is 3. The van der Waals surface area contributed by atoms with Gasteiger partial charge in [-0.3, -0.25) is 9.59 Å². The van der Waals surface area contributed by atoms with Gasteiger partial charge in [0.2, 0.25) is 5.91 Å². The van der Waals surface area contributed by atoms with E-state index >= 15 is 0 Å². The molecule has 1 amide bonds. The quantitative estimate of drug-likeness (QED) is 0.214. The van der Waals surface area contributed by atoms with Crippen molar-refractivity contribution >= 4 is 29.7 Å². The lowest BCUT2D eigenvalue weighted by Gasteiger charge is -2.13. The predicted molar refractivity (Wildman–Crippen MR) is 118 cm³/mol. The molecule has 0 bridgehead atoms. The lowest BCUT2D eigenvalue weighted by Crippen LogP contribution is -2.34. The van der Waals surface area contributed by atoms with Crippen molar-refractivity contribution in [3.8, 4) is 0 Å². The van der Waals surface area contributed by atoms with E-state index in [0.717, 1.165) is 10.2 Å². The molecule has 0 saturated carbocycles. The molecule has 14 heteroatoms. The summed E-state index contributed by atoms with van der Waals surface area (Å²) < 4.78 is 1.14. The Morgan fingerprint density at radius 2 is 1.86 bits per heavy atom. The Hall–Kier alpha value is -4.54. The van der Waals surface area contributed by atoms with Crippen LogP contribution in [0.4, 0.5) is 5.69 Å². The van der Waals surface area contributed by atoms with Gasteiger partial charge in [-0.1, -0.05) is 34.6 Å². The molecule has 3 N–H and O–H groups in total. The third kappa shape index (κ3) is 11.2. The van der Waals surface area contributed by atoms with E-state index < -0.39 is 18.0 Å². The summed E-state index contributed by atoms with van der Waals surface area (Å²) in [4.78, 5) is 53.3. The third-order valence-corrected chi connectivity index (χ3v) is 4.68. The predicted octanol–water partition coefficient (Wildman–Crippen LogP) is 2.20. The van der Waals surface area contributed by atoms with Gasteiger partial charge in [-0.2, -0.15) is 9.59 Å². The Bertz CT molecular complexity index is 1070. The highest BCUT2D eigenvalue weighted by Gasteiger charge is 2.22. The van der Waals surface area contributed by atoms with E-state index in [-0.39, 0.29) is 30.9 Å². The van der Waals surface area contributed by atoms with Crippen LogP contribution in [0.2, 0.25) is 0 Å². The van der Waals surface area contributed by atoms with Gasteiger partial charge in [0.25, 0.3) is 0 Å². The van der Waals surface area contributed by atoms with Crippen molar-refractivity contribution in [2.45, 2.75) is 57.5 Å². The first kappa shape index (κ1) is 28.5. The first-order chi connectivity index (χ1) is 16.7. The minimum absolute atomic E-state index is 0.103. The molecule has 1 aromatic heterocycles. The van der Waals surface area contributed by atoms with Crippen LogP contribution in [0.3, 0.4) is 0 Å². The summed E-state index contributed by atoms with van der Waals surface area (Å²) in [5, 5.41) is 32.2. The van der Waals surface area contributed by atoms with E-state index in [1.54, 1.807) is 12.1 Å². The van der Waals surface area contributed by atoms with E-state index in [4.69, 9.17) is 20.2 Å². The second-order valence-electron chi connectivity index (χ2n) is 7.44. The number of rotatable bonds is 13. The zero-order chi connectivity index (χ0) is 26.2. The molecule has 0 saturated heterocycles. The maximum Gasteiger partial charge on any atom is 0.373 e. The maximum atomic E-state index is 12.2. The fraction of sp³-hybridized carbons (Fsp3) is 0.429. The van der Waals surface area contributed by atoms with Crippen LogP contribution >= 0.6 is 0 Å². The molecule has 0 radical (unpaired) electrons. The van der Waals surface area contributed by atoms with Gasteiger partial charge in [0.1, 0.15) is 0 Å². The van der Waals surface area contributed by atoms with E-state index in [0.29, 0.717) is 37.1 Å². The highest BCUT2D eigenvalue weighted by molar-refractivity contribution is 5.76. The largest absolute Gasteiger partial charge is 0.481 e. The molecule has 1 aromatic carbocycles. The highest BCUT2D eigenvalue weighted by atomic mass is 16.4. The van der Waals surface area contributed by atoms with Gasteiger partial charge >= 0.3 is 18.1 Å². The summed E-state index contributed by atoms with van der Waals surface area (Å²) in [6.45, 7) is 1.81. The Kier molecular flexibility index (Phi) is 12.5. The first-order valence-corrected chi connectivity index (χ1v) is 10.5. The lowest BCUT2D eigenvalue weighted by atomic mass is 10.1. The van der Waals surface area contributed by atoms with Crippen LogP contribution in [0.5, 0.6) is 0 Å². The number of aromatic nitrogens is 3. The first-order valence-electron chi connectivity index (χ1n) is 10.5. The average Bonchev–Trinajstić information content (AvgIpc) is 3.23. The van der Waals surface area contributed by atoms with Crippen molar-refractivity contribution in [2.75, 3.05) is 0 Å². The van der Waals surface area contributed by atoms with Gasteiger partial charge in [0.05, 0.1) is 5.69 Å². The molecule has 2 rings (SSSR count). The SMILES string of the molecule is CC(Cc1cn(C(CCC(=O)O)C(=O)O)nn1)NC(=O)CCCc1ccc(N=[N+]=[N-])cc1.O=C=O. The molecule has 35 heavy (non-hydrogen) atoms. The molecular weight excluding hydrogens is 462 g/mol. The standard InChI is InChI=1S/C20H25N7O5.CO2/c1-13(11-16-12-27(26-24-16)17(20(31)32)9-10-19(29)30)22-18(28)4-2-3-14-5-7-15(8-6-14)23-25-21;2-1-3/h5-8,12-13,17H,2-4,9-11H2,1H3,(H,22,28)(H,29,30)(H,31,32);. The second kappa shape index (κ2) is 15.3. The molecule has 0 aliphatic rings. The van der Waals surface area contributed by atoms with Crippen LogP contribution in [0, 0.1) is 0 Å². The Morgan fingerprint density at radius 3 is 2.43 bits per heavy atom. The average molecular weight is 487 g/mol. The van der Waals surface area contributed by atoms with Gasteiger partial charge in [0.15, 0.2) is 6.04 Å². The number of aliphatic carboxylic acids is 2. The summed E-state index contributed by atoms with van der Waals surface area (Å²) in [5.74, 6) is -2.38. The van der Waals surface area contributed by atoms with Gasteiger partial charge in [-0.15, -0.1) is 5.10 Å². The van der Waals surface area contributed by atoms with E-state index in [1.165, 1.54) is 6.20 Å². The monoisotopic (exact) mass is 487 g/mol. The number of hydrogen-bond donors (Lipinski definition) is 3. The zero-order valence-corrected chi connectivity index (χ0v) is 18.9. The maximum absolute atomic E-state index is 12.2. The van der Waals surface area contributed by atoms with Crippen LogP contribution in [0.15, 0.2) is 35.6 Å². The van der Waals surface area contributed by atoms with Gasteiger partial charge in [-0.05, 0) is 37.3 Å². The van der Waals surface area contributed by atoms with Gasteiger partial charge < -0.3 is 15.5 Å². The van der Waals surface area contributed by atoms with Crippen molar-refractivity contribution < 1.29 is 34.2 Å². The third-order valence-electron chi connectivity index (χ3n) is 4.68. The van der Waals surface area contributed by atoms with Crippen LogP contribution < -0.4 is 5.32 Å². The van der Waals surface area contributed by atoms with Crippen LogP contribution in [-0.2, 0) is 36.8 Å². The molecule has 14 nitrogen and oxygen atoms in total. The Morgan fingerprint density at radius 1 is 1.20 bits per heavy atom. The number of aryl methyl sites for hydroxylation is 1. The number of carbonyl (C=O) groups is 3. The van der Waals surface area contributed by atoms with Gasteiger partial charge in [-0.25, -0.2) is 9.48 Å². The topological polar surface area (TPSA) is 217 Å². The summed E-state index contributed by atoms with van der Waals surface area (Å²) in [6.07, 6.45) is 3.37. The van der Waals surface area contributed by atoms with Crippen molar-refractivity contribution in [2.24, 2.45) is 5.11 Å². The van der Waals surface area contributed by atoms with Crippen LogP contribution in [0.25, 0.3) is 10.4 Å². The van der Waals surface area contributed by atoms with Crippen molar-refractivity contribution in [3.63, 3.8) is 0 Å². The number of carboxylic acid groups (broad SMARTS) is 2. The number of benzene rings is 1. The van der Waals surface area contributed by atoms with Crippen LogP contribution in [-0.4, -0.2) is 55.2 Å². The molecule has 2 unspecified atom stereocenters. The number of azide groups is 1. The molecule has 1 heterocycles. The number of nitrogens with zero attached hydrogens (tertiary/aromatic N) is 6.